The van der Waals surface area contributed by atoms with Gasteiger partial charge in [-0.1, -0.05) is 18.2 Å². The van der Waals surface area contributed by atoms with Crippen molar-refractivity contribution in [2.75, 3.05) is 13.1 Å². The molecule has 6 heteroatoms. The first-order chi connectivity index (χ1) is 14.7. The molecule has 2 aliphatic heterocycles. The third-order valence-electron chi connectivity index (χ3n) is 7.57. The molecule has 2 fully saturated rings. The predicted molar refractivity (Wildman–Crippen MR) is 115 cm³/mol. The Morgan fingerprint density at radius 1 is 1.13 bits per heavy atom. The first-order valence-electron chi connectivity index (χ1n) is 11.2. The van der Waals surface area contributed by atoms with Crippen molar-refractivity contribution in [1.29, 1.82) is 0 Å². The van der Waals surface area contributed by atoms with Gasteiger partial charge >= 0.3 is 0 Å². The van der Waals surface area contributed by atoms with Crippen LogP contribution in [-0.4, -0.2) is 43.5 Å². The molecule has 0 unspecified atom stereocenters. The van der Waals surface area contributed by atoms with Gasteiger partial charge in [-0.25, -0.2) is 0 Å². The number of para-hydroxylation sites is 1. The van der Waals surface area contributed by atoms with Gasteiger partial charge in [0.1, 0.15) is 0 Å². The number of pyridine rings is 1. The van der Waals surface area contributed by atoms with Crippen molar-refractivity contribution in [3.63, 3.8) is 0 Å². The summed E-state index contributed by atoms with van der Waals surface area (Å²) in [7, 11) is 0. The number of hydrogen-bond donors (Lipinski definition) is 1. The number of aromatic nitrogens is 3. The van der Waals surface area contributed by atoms with E-state index in [2.05, 4.69) is 28.2 Å². The second kappa shape index (κ2) is 7.06. The standard InChI is InChI=1S/C24H28N4O2/c29-22-11-18-14-26(13-17(18)10-21(22)28-9-3-7-25-28)15-19-12-23(30)27-8-2-5-16-4-1-6-20(19)24(16)27/h1,3-4,6-7,9,12,17-18,21-22,29H,2,5,8,10-11,13-15H2/t17-,18+,21-,22-/m1/s1. The van der Waals surface area contributed by atoms with Gasteiger partial charge in [0.05, 0.1) is 17.7 Å². The molecule has 30 heavy (non-hydrogen) atoms. The van der Waals surface area contributed by atoms with Crippen LogP contribution in [0.3, 0.4) is 0 Å². The van der Waals surface area contributed by atoms with Crippen molar-refractivity contribution in [2.45, 2.75) is 50.9 Å². The van der Waals surface area contributed by atoms with Gasteiger partial charge in [-0.05, 0) is 54.7 Å². The maximum Gasteiger partial charge on any atom is 0.251 e. The van der Waals surface area contributed by atoms with Crippen LogP contribution in [0.25, 0.3) is 10.9 Å². The van der Waals surface area contributed by atoms with E-state index in [1.165, 1.54) is 10.9 Å². The molecule has 4 heterocycles. The number of rotatable bonds is 3. The minimum absolute atomic E-state index is 0.0753. The minimum Gasteiger partial charge on any atom is -0.391 e. The molecular formula is C24H28N4O2. The lowest BCUT2D eigenvalue weighted by Gasteiger charge is -2.35. The summed E-state index contributed by atoms with van der Waals surface area (Å²) >= 11 is 0. The summed E-state index contributed by atoms with van der Waals surface area (Å²) < 4.78 is 3.89. The van der Waals surface area contributed by atoms with E-state index in [9.17, 15) is 9.90 Å². The van der Waals surface area contributed by atoms with Gasteiger partial charge in [0, 0.05) is 50.0 Å². The Labute approximate surface area is 175 Å². The highest BCUT2D eigenvalue weighted by atomic mass is 16.3. The monoisotopic (exact) mass is 404 g/mol. The lowest BCUT2D eigenvalue weighted by atomic mass is 9.77. The highest BCUT2D eigenvalue weighted by molar-refractivity contribution is 5.86. The van der Waals surface area contributed by atoms with Crippen LogP contribution in [0.1, 0.15) is 36.4 Å². The number of likely N-dealkylation sites (tertiary alicyclic amines) is 1. The highest BCUT2D eigenvalue weighted by Gasteiger charge is 2.42. The molecule has 1 saturated heterocycles. The van der Waals surface area contributed by atoms with Crippen LogP contribution >= 0.6 is 0 Å². The summed E-state index contributed by atoms with van der Waals surface area (Å²) in [6.45, 7) is 3.66. The van der Waals surface area contributed by atoms with Crippen molar-refractivity contribution in [3.05, 3.63) is 64.2 Å². The second-order valence-electron chi connectivity index (χ2n) is 9.38. The summed E-state index contributed by atoms with van der Waals surface area (Å²) in [4.78, 5) is 15.3. The molecule has 6 rings (SSSR count). The Balaban J connectivity index is 1.27. The van der Waals surface area contributed by atoms with Gasteiger partial charge in [-0.15, -0.1) is 0 Å². The van der Waals surface area contributed by atoms with Crippen molar-refractivity contribution in [2.24, 2.45) is 11.8 Å². The highest BCUT2D eigenvalue weighted by Crippen LogP contribution is 2.41. The molecule has 6 nitrogen and oxygen atoms in total. The Hall–Kier alpha value is -2.44. The first-order valence-corrected chi connectivity index (χ1v) is 11.2. The minimum atomic E-state index is -0.337. The molecular weight excluding hydrogens is 376 g/mol. The van der Waals surface area contributed by atoms with E-state index in [0.29, 0.717) is 11.8 Å². The van der Waals surface area contributed by atoms with E-state index in [1.54, 1.807) is 6.20 Å². The third kappa shape index (κ3) is 2.93. The van der Waals surface area contributed by atoms with Crippen LogP contribution in [0.2, 0.25) is 0 Å². The van der Waals surface area contributed by atoms with Gasteiger partial charge in [-0.2, -0.15) is 5.10 Å². The Morgan fingerprint density at radius 2 is 2.00 bits per heavy atom. The van der Waals surface area contributed by atoms with E-state index < -0.39 is 0 Å². The summed E-state index contributed by atoms with van der Waals surface area (Å²) in [5, 5.41) is 16.3. The van der Waals surface area contributed by atoms with E-state index in [1.807, 2.05) is 27.6 Å². The Bertz CT molecular complexity index is 1140. The lowest BCUT2D eigenvalue weighted by Crippen LogP contribution is -2.36. The molecule has 0 radical (unpaired) electrons. The zero-order valence-electron chi connectivity index (χ0n) is 17.2. The Morgan fingerprint density at radius 3 is 2.83 bits per heavy atom. The molecule has 2 aromatic heterocycles. The van der Waals surface area contributed by atoms with Crippen molar-refractivity contribution in [3.8, 4) is 0 Å². The summed E-state index contributed by atoms with van der Waals surface area (Å²) in [5.74, 6) is 1.09. The number of nitrogens with zero attached hydrogens (tertiary/aromatic N) is 4. The van der Waals surface area contributed by atoms with Crippen molar-refractivity contribution in [1.82, 2.24) is 19.2 Å². The predicted octanol–water partition coefficient (Wildman–Crippen LogP) is 2.59. The number of aryl methyl sites for hydroxylation is 2. The number of fused-ring (bicyclic) bond motifs is 1. The normalized spacial score (nSPS) is 28.7. The molecule has 1 N–H and O–H groups in total. The molecule has 3 aromatic rings. The zero-order chi connectivity index (χ0) is 20.2. The van der Waals surface area contributed by atoms with Gasteiger partial charge in [0.25, 0.3) is 5.56 Å². The molecule has 1 aromatic carbocycles. The SMILES string of the molecule is O=c1cc(CN2C[C@H]3C[C@@H](n4cccn4)[C@H](O)C[C@H]3C2)c2cccc3c2n1CCC3. The zero-order valence-corrected chi connectivity index (χ0v) is 17.2. The number of benzene rings is 1. The average Bonchev–Trinajstić information content (AvgIpc) is 3.40. The van der Waals surface area contributed by atoms with E-state index in [0.717, 1.165) is 62.9 Å². The fraction of sp³-hybridized carbons (Fsp3) is 0.500. The van der Waals surface area contributed by atoms with Gasteiger partial charge in [0.15, 0.2) is 0 Å². The van der Waals surface area contributed by atoms with Crippen molar-refractivity contribution < 1.29 is 5.11 Å². The van der Waals surface area contributed by atoms with Gasteiger partial charge in [0.2, 0.25) is 0 Å². The third-order valence-corrected chi connectivity index (χ3v) is 7.57. The van der Waals surface area contributed by atoms with Crippen LogP contribution < -0.4 is 5.56 Å². The quantitative estimate of drug-likeness (QED) is 0.729. The van der Waals surface area contributed by atoms with Crippen LogP contribution in [0.5, 0.6) is 0 Å². The number of aliphatic hydroxyl groups is 1. The second-order valence-corrected chi connectivity index (χ2v) is 9.38. The molecule has 0 bridgehead atoms. The smallest absolute Gasteiger partial charge is 0.251 e. The number of aliphatic hydroxyl groups excluding tert-OH is 1. The Kier molecular flexibility index (Phi) is 4.32. The van der Waals surface area contributed by atoms with Crippen LogP contribution in [-0.2, 0) is 19.5 Å². The topological polar surface area (TPSA) is 63.3 Å². The van der Waals surface area contributed by atoms with Crippen LogP contribution in [0.4, 0.5) is 0 Å². The average molecular weight is 405 g/mol. The number of hydrogen-bond acceptors (Lipinski definition) is 4. The van der Waals surface area contributed by atoms with E-state index in [4.69, 9.17) is 0 Å². The molecule has 4 atom stereocenters. The van der Waals surface area contributed by atoms with Crippen LogP contribution in [0.15, 0.2) is 47.5 Å². The lowest BCUT2D eigenvalue weighted by molar-refractivity contribution is 0.0306. The maximum atomic E-state index is 12.8. The fourth-order valence-electron chi connectivity index (χ4n) is 6.20. The molecule has 1 aliphatic carbocycles. The van der Waals surface area contributed by atoms with Crippen molar-refractivity contribution >= 4 is 10.9 Å². The van der Waals surface area contributed by atoms with E-state index >= 15 is 0 Å². The molecule has 156 valence electrons. The molecule has 0 amide bonds. The summed E-state index contributed by atoms with van der Waals surface area (Å²) in [6, 6.07) is 10.3. The fourth-order valence-corrected chi connectivity index (χ4v) is 6.20. The maximum absolute atomic E-state index is 12.8. The molecule has 0 spiro atoms. The van der Waals surface area contributed by atoms with Gasteiger partial charge < -0.3 is 9.67 Å². The van der Waals surface area contributed by atoms with Gasteiger partial charge in [-0.3, -0.25) is 14.4 Å². The first kappa shape index (κ1) is 18.3. The largest absolute Gasteiger partial charge is 0.391 e. The summed E-state index contributed by atoms with van der Waals surface area (Å²) in [5.41, 5.74) is 3.74. The van der Waals surface area contributed by atoms with E-state index in [-0.39, 0.29) is 17.7 Å². The summed E-state index contributed by atoms with van der Waals surface area (Å²) in [6.07, 6.45) is 7.31. The molecule has 3 aliphatic rings. The van der Waals surface area contributed by atoms with Crippen LogP contribution in [0, 0.1) is 11.8 Å². The molecule has 1 saturated carbocycles.